The van der Waals surface area contributed by atoms with Crippen molar-refractivity contribution in [1.29, 1.82) is 0 Å². The highest BCUT2D eigenvalue weighted by atomic mass is 79.9. The maximum absolute atomic E-state index is 5.19. The van der Waals surface area contributed by atoms with E-state index in [4.69, 9.17) is 12.2 Å². The van der Waals surface area contributed by atoms with Gasteiger partial charge in [0.2, 0.25) is 0 Å². The fourth-order valence-corrected chi connectivity index (χ4v) is 2.06. The molecule has 0 aliphatic carbocycles. The summed E-state index contributed by atoms with van der Waals surface area (Å²) in [5.74, 6) is 0.714. The second-order valence-electron chi connectivity index (χ2n) is 3.25. The molecule has 16 heavy (non-hydrogen) atoms. The first-order chi connectivity index (χ1) is 7.72. The average molecular weight is 296 g/mol. The topological polar surface area (TPSA) is 41.6 Å². The third-order valence-corrected chi connectivity index (χ3v) is 3.61. The molecule has 0 bridgehead atoms. The van der Waals surface area contributed by atoms with Crippen molar-refractivity contribution in [2.24, 2.45) is 0 Å². The first-order valence-electron chi connectivity index (χ1n) is 4.92. The Hall–Kier alpha value is -1.07. The van der Waals surface area contributed by atoms with Crippen molar-refractivity contribution in [3.8, 4) is 11.5 Å². The lowest BCUT2D eigenvalue weighted by atomic mass is 10.3. The summed E-state index contributed by atoms with van der Waals surface area (Å²) >= 11 is 8.62. The second kappa shape index (κ2) is 4.84. The second-order valence-corrected chi connectivity index (χ2v) is 4.43. The van der Waals surface area contributed by atoms with Gasteiger partial charge in [0.25, 0.3) is 0 Å². The van der Waals surface area contributed by atoms with Crippen LogP contribution in [0.2, 0.25) is 0 Å². The van der Waals surface area contributed by atoms with Gasteiger partial charge in [-0.2, -0.15) is 0 Å². The molecule has 1 N–H and O–H groups in total. The Labute approximate surface area is 107 Å². The smallest absolute Gasteiger partial charge is 0.157 e. The number of nitrogens with zero attached hydrogens (tertiary/aromatic N) is 2. The lowest BCUT2D eigenvalue weighted by Crippen LogP contribution is -1.98. The summed E-state index contributed by atoms with van der Waals surface area (Å²) < 4.78 is 1.43. The number of halogens is 1. The molecule has 0 aliphatic heterocycles. The molecule has 0 aliphatic rings. The molecular weight excluding hydrogens is 286 g/mol. The Morgan fingerprint density at radius 2 is 2.25 bits per heavy atom. The van der Waals surface area contributed by atoms with Crippen LogP contribution in [-0.4, -0.2) is 15.0 Å². The van der Waals surface area contributed by atoms with Crippen LogP contribution in [0.3, 0.4) is 0 Å². The van der Waals surface area contributed by atoms with E-state index in [2.05, 4.69) is 37.8 Å². The molecule has 0 saturated carbocycles. The highest BCUT2D eigenvalue weighted by molar-refractivity contribution is 9.10. The third-order valence-electron chi connectivity index (χ3n) is 2.20. The highest BCUT2D eigenvalue weighted by Crippen LogP contribution is 2.20. The molecule has 0 atom stereocenters. The molecule has 0 unspecified atom stereocenters. The SMILES string of the molecule is CCc1[nH]c(-c2ccccn2)nc(=S)c1Br. The van der Waals surface area contributed by atoms with E-state index < -0.39 is 0 Å². The summed E-state index contributed by atoms with van der Waals surface area (Å²) in [5, 5.41) is 0. The zero-order valence-electron chi connectivity index (χ0n) is 8.70. The monoisotopic (exact) mass is 295 g/mol. The number of nitrogens with one attached hydrogen (secondary N) is 1. The molecule has 2 heterocycles. The Morgan fingerprint density at radius 3 is 2.88 bits per heavy atom. The van der Waals surface area contributed by atoms with E-state index in [0.717, 1.165) is 22.3 Å². The predicted molar refractivity (Wildman–Crippen MR) is 69.7 cm³/mol. The molecule has 0 fully saturated rings. The zero-order chi connectivity index (χ0) is 11.5. The molecule has 5 heteroatoms. The average Bonchev–Trinajstić information content (AvgIpc) is 2.33. The minimum atomic E-state index is 0.566. The van der Waals surface area contributed by atoms with E-state index in [1.165, 1.54) is 0 Å². The van der Waals surface area contributed by atoms with Gasteiger partial charge in [0.1, 0.15) is 10.3 Å². The number of aromatic nitrogens is 3. The summed E-state index contributed by atoms with van der Waals surface area (Å²) in [5.41, 5.74) is 1.84. The van der Waals surface area contributed by atoms with Crippen LogP contribution in [0.4, 0.5) is 0 Å². The van der Waals surface area contributed by atoms with Gasteiger partial charge in [-0.1, -0.05) is 25.2 Å². The van der Waals surface area contributed by atoms with Crippen molar-refractivity contribution in [2.45, 2.75) is 13.3 Å². The van der Waals surface area contributed by atoms with Crippen LogP contribution >= 0.6 is 28.1 Å². The lowest BCUT2D eigenvalue weighted by Gasteiger charge is -2.05. The van der Waals surface area contributed by atoms with E-state index in [1.54, 1.807) is 6.20 Å². The van der Waals surface area contributed by atoms with Crippen LogP contribution in [0.15, 0.2) is 28.9 Å². The van der Waals surface area contributed by atoms with E-state index in [0.29, 0.717) is 10.5 Å². The van der Waals surface area contributed by atoms with Crippen molar-refractivity contribution >= 4 is 28.1 Å². The van der Waals surface area contributed by atoms with Crippen molar-refractivity contribution in [2.75, 3.05) is 0 Å². The van der Waals surface area contributed by atoms with Gasteiger partial charge in [0, 0.05) is 11.9 Å². The molecule has 2 rings (SSSR count). The number of aromatic amines is 1. The number of hydrogen-bond acceptors (Lipinski definition) is 3. The minimum Gasteiger partial charge on any atom is -0.341 e. The molecule has 3 nitrogen and oxygen atoms in total. The predicted octanol–water partition coefficient (Wildman–Crippen LogP) is 3.53. The van der Waals surface area contributed by atoms with E-state index >= 15 is 0 Å². The molecule has 0 amide bonds. The van der Waals surface area contributed by atoms with Crippen LogP contribution in [0.5, 0.6) is 0 Å². The first-order valence-corrected chi connectivity index (χ1v) is 6.12. The molecule has 0 radical (unpaired) electrons. The summed E-state index contributed by atoms with van der Waals surface area (Å²) in [7, 11) is 0. The standard InChI is InChI=1S/C11H10BrN3S/c1-2-7-9(12)11(16)15-10(14-7)8-5-3-4-6-13-8/h3-6H,2H2,1H3,(H,14,15,16). The fourth-order valence-electron chi connectivity index (χ4n) is 1.37. The maximum Gasteiger partial charge on any atom is 0.157 e. The van der Waals surface area contributed by atoms with Crippen molar-refractivity contribution in [3.63, 3.8) is 0 Å². The van der Waals surface area contributed by atoms with E-state index in [-0.39, 0.29) is 0 Å². The highest BCUT2D eigenvalue weighted by Gasteiger charge is 2.06. The number of rotatable bonds is 2. The van der Waals surface area contributed by atoms with Gasteiger partial charge in [-0.15, -0.1) is 0 Å². The number of hydrogen-bond donors (Lipinski definition) is 1. The lowest BCUT2D eigenvalue weighted by molar-refractivity contribution is 0.977. The minimum absolute atomic E-state index is 0.566. The van der Waals surface area contributed by atoms with Crippen LogP contribution in [0.25, 0.3) is 11.5 Å². The Bertz CT molecular complexity index is 551. The van der Waals surface area contributed by atoms with E-state index in [9.17, 15) is 0 Å². The molecular formula is C11H10BrN3S. The number of pyridine rings is 1. The van der Waals surface area contributed by atoms with Gasteiger partial charge in [-0.3, -0.25) is 4.98 Å². The van der Waals surface area contributed by atoms with E-state index in [1.807, 2.05) is 18.2 Å². The molecule has 2 aromatic rings. The number of aryl methyl sites for hydroxylation is 1. The van der Waals surface area contributed by atoms with Crippen molar-refractivity contribution in [1.82, 2.24) is 15.0 Å². The Balaban J connectivity index is 2.60. The normalized spacial score (nSPS) is 10.4. The van der Waals surface area contributed by atoms with Gasteiger partial charge in [0.05, 0.1) is 4.47 Å². The Kier molecular flexibility index (Phi) is 3.46. The molecule has 0 saturated heterocycles. The fraction of sp³-hybridized carbons (Fsp3) is 0.182. The molecule has 82 valence electrons. The Morgan fingerprint density at radius 1 is 1.44 bits per heavy atom. The molecule has 0 aromatic carbocycles. The quantitative estimate of drug-likeness (QED) is 0.862. The summed E-state index contributed by atoms with van der Waals surface area (Å²) in [6, 6.07) is 5.70. The van der Waals surface area contributed by atoms with Crippen LogP contribution < -0.4 is 0 Å². The van der Waals surface area contributed by atoms with Crippen LogP contribution in [0.1, 0.15) is 12.6 Å². The van der Waals surface area contributed by atoms with Gasteiger partial charge in [0.15, 0.2) is 5.82 Å². The summed E-state index contributed by atoms with van der Waals surface area (Å²) in [6.45, 7) is 2.06. The first kappa shape index (κ1) is 11.4. The summed E-state index contributed by atoms with van der Waals surface area (Å²) in [6.07, 6.45) is 2.61. The third kappa shape index (κ3) is 2.20. The largest absolute Gasteiger partial charge is 0.341 e. The van der Waals surface area contributed by atoms with Gasteiger partial charge >= 0.3 is 0 Å². The van der Waals surface area contributed by atoms with Gasteiger partial charge < -0.3 is 4.98 Å². The molecule has 2 aromatic heterocycles. The van der Waals surface area contributed by atoms with Crippen LogP contribution in [0, 0.1) is 4.64 Å². The zero-order valence-corrected chi connectivity index (χ0v) is 11.1. The number of H-pyrrole nitrogens is 1. The van der Waals surface area contributed by atoms with Crippen molar-refractivity contribution < 1.29 is 0 Å². The van der Waals surface area contributed by atoms with Gasteiger partial charge in [-0.25, -0.2) is 4.98 Å². The maximum atomic E-state index is 5.19. The van der Waals surface area contributed by atoms with Gasteiger partial charge in [-0.05, 0) is 34.5 Å². The van der Waals surface area contributed by atoms with Crippen LogP contribution in [-0.2, 0) is 6.42 Å². The molecule has 0 spiro atoms. The summed E-state index contributed by atoms with van der Waals surface area (Å²) in [4.78, 5) is 11.8. The van der Waals surface area contributed by atoms with Crippen molar-refractivity contribution in [3.05, 3.63) is 39.2 Å².